The number of carboxylic acid groups (broad SMARTS) is 1. The Balaban J connectivity index is 2.16. The minimum atomic E-state index is -1.18. The summed E-state index contributed by atoms with van der Waals surface area (Å²) in [5.74, 6) is 0. The number of nitriles is 1. The van der Waals surface area contributed by atoms with E-state index in [2.05, 4.69) is 50.4 Å². The Bertz CT molecular complexity index is 799. The molecule has 0 atom stereocenters. The summed E-state index contributed by atoms with van der Waals surface area (Å²) in [6, 6.07) is 15.6. The molecule has 0 unspecified atom stereocenters. The van der Waals surface area contributed by atoms with Gasteiger partial charge in [0.2, 0.25) is 0 Å². The second-order valence-corrected chi connectivity index (χ2v) is 7.07. The van der Waals surface area contributed by atoms with Gasteiger partial charge in [0.1, 0.15) is 6.07 Å². The molecular formula is C20H23N3O2. The average molecular weight is 337 g/mol. The van der Waals surface area contributed by atoms with Crippen molar-refractivity contribution in [1.29, 1.82) is 5.26 Å². The maximum absolute atomic E-state index is 10.8. The highest BCUT2D eigenvalue weighted by Crippen LogP contribution is 2.25. The molecule has 0 aliphatic rings. The van der Waals surface area contributed by atoms with E-state index >= 15 is 0 Å². The summed E-state index contributed by atoms with van der Waals surface area (Å²) >= 11 is 0. The van der Waals surface area contributed by atoms with Crippen LogP contribution < -0.4 is 10.2 Å². The number of anilines is 2. The number of benzene rings is 2. The quantitative estimate of drug-likeness (QED) is 0.856. The molecule has 2 rings (SSSR count). The average Bonchev–Trinajstić information content (AvgIpc) is 2.54. The molecule has 0 aliphatic heterocycles. The van der Waals surface area contributed by atoms with E-state index in [9.17, 15) is 10.1 Å². The van der Waals surface area contributed by atoms with E-state index in [0.29, 0.717) is 17.8 Å². The zero-order valence-electron chi connectivity index (χ0n) is 15.0. The lowest BCUT2D eigenvalue weighted by Crippen LogP contribution is -2.17. The molecule has 5 heteroatoms. The third kappa shape index (κ3) is 4.74. The Morgan fingerprint density at radius 2 is 1.84 bits per heavy atom. The van der Waals surface area contributed by atoms with Crippen LogP contribution in [-0.4, -0.2) is 18.2 Å². The van der Waals surface area contributed by atoms with Crippen molar-refractivity contribution in [1.82, 2.24) is 0 Å². The van der Waals surface area contributed by atoms with Crippen molar-refractivity contribution < 1.29 is 9.90 Å². The van der Waals surface area contributed by atoms with E-state index in [-0.39, 0.29) is 5.41 Å². The lowest BCUT2D eigenvalue weighted by Gasteiger charge is -2.22. The number of carbonyl (C=O) groups is 1. The van der Waals surface area contributed by atoms with E-state index in [0.717, 1.165) is 5.69 Å². The predicted octanol–water partition coefficient (Wildman–Crippen LogP) is 4.58. The fourth-order valence-corrected chi connectivity index (χ4v) is 2.56. The van der Waals surface area contributed by atoms with E-state index < -0.39 is 6.09 Å². The highest BCUT2D eigenvalue weighted by molar-refractivity contribution is 5.85. The SMILES string of the molecule is CN(Cc1ccc(C(C)(C)C)cc1)c1ccc(NC(=O)O)c(C#N)c1. The van der Waals surface area contributed by atoms with Crippen molar-refractivity contribution in [3.63, 3.8) is 0 Å². The number of nitrogens with one attached hydrogen (secondary N) is 1. The minimum Gasteiger partial charge on any atom is -0.465 e. The fraction of sp³-hybridized carbons (Fsp3) is 0.300. The van der Waals surface area contributed by atoms with Crippen LogP contribution in [-0.2, 0) is 12.0 Å². The topological polar surface area (TPSA) is 76.4 Å². The number of hydrogen-bond acceptors (Lipinski definition) is 3. The molecule has 0 bridgehead atoms. The highest BCUT2D eigenvalue weighted by atomic mass is 16.4. The van der Waals surface area contributed by atoms with Crippen LogP contribution in [0, 0.1) is 11.3 Å². The summed E-state index contributed by atoms with van der Waals surface area (Å²) < 4.78 is 0. The fourth-order valence-electron chi connectivity index (χ4n) is 2.56. The summed E-state index contributed by atoms with van der Waals surface area (Å²) in [6.07, 6.45) is -1.18. The molecule has 0 aromatic heterocycles. The molecule has 2 N–H and O–H groups in total. The van der Waals surface area contributed by atoms with E-state index in [1.54, 1.807) is 18.2 Å². The zero-order valence-corrected chi connectivity index (χ0v) is 15.0. The molecule has 130 valence electrons. The Morgan fingerprint density at radius 3 is 2.36 bits per heavy atom. The Hall–Kier alpha value is -3.00. The molecule has 0 aliphatic carbocycles. The van der Waals surface area contributed by atoms with Crippen LogP contribution in [0.4, 0.5) is 16.2 Å². The first-order chi connectivity index (χ1) is 11.7. The van der Waals surface area contributed by atoms with Gasteiger partial charge in [0.25, 0.3) is 0 Å². The maximum atomic E-state index is 10.8. The zero-order chi connectivity index (χ0) is 18.6. The van der Waals surface area contributed by atoms with Crippen LogP contribution in [0.5, 0.6) is 0 Å². The van der Waals surface area contributed by atoms with Gasteiger partial charge in [0, 0.05) is 19.3 Å². The molecule has 2 aromatic carbocycles. The normalized spacial score (nSPS) is 10.8. The van der Waals surface area contributed by atoms with Crippen molar-refractivity contribution in [2.75, 3.05) is 17.3 Å². The van der Waals surface area contributed by atoms with Gasteiger partial charge in [-0.05, 0) is 34.7 Å². The van der Waals surface area contributed by atoms with Gasteiger partial charge in [-0.2, -0.15) is 5.26 Å². The van der Waals surface area contributed by atoms with Crippen LogP contribution in [0.3, 0.4) is 0 Å². The lowest BCUT2D eigenvalue weighted by molar-refractivity contribution is 0.209. The van der Waals surface area contributed by atoms with Crippen LogP contribution in [0.25, 0.3) is 0 Å². The van der Waals surface area contributed by atoms with Crippen LogP contribution in [0.1, 0.15) is 37.5 Å². The Kier molecular flexibility index (Phi) is 5.33. The summed E-state index contributed by atoms with van der Waals surface area (Å²) in [6.45, 7) is 7.25. The predicted molar refractivity (Wildman–Crippen MR) is 100 cm³/mol. The molecule has 0 saturated heterocycles. The number of rotatable bonds is 4. The van der Waals surface area contributed by atoms with Gasteiger partial charge < -0.3 is 10.0 Å². The van der Waals surface area contributed by atoms with Gasteiger partial charge in [-0.3, -0.25) is 5.32 Å². The van der Waals surface area contributed by atoms with Crippen LogP contribution >= 0.6 is 0 Å². The van der Waals surface area contributed by atoms with E-state index in [1.165, 1.54) is 11.1 Å². The van der Waals surface area contributed by atoms with Crippen LogP contribution in [0.2, 0.25) is 0 Å². The molecule has 0 spiro atoms. The first kappa shape index (κ1) is 18.3. The van der Waals surface area contributed by atoms with Gasteiger partial charge in [0.15, 0.2) is 0 Å². The van der Waals surface area contributed by atoms with Crippen molar-refractivity contribution >= 4 is 17.5 Å². The maximum Gasteiger partial charge on any atom is 0.409 e. The second kappa shape index (κ2) is 7.27. The highest BCUT2D eigenvalue weighted by Gasteiger charge is 2.13. The number of amides is 1. The first-order valence-electron chi connectivity index (χ1n) is 8.05. The molecule has 0 saturated carbocycles. The molecule has 0 fully saturated rings. The third-order valence-corrected chi connectivity index (χ3v) is 4.05. The van der Waals surface area contributed by atoms with Crippen LogP contribution in [0.15, 0.2) is 42.5 Å². The van der Waals surface area contributed by atoms with Crippen molar-refractivity contribution in [3.8, 4) is 6.07 Å². The monoisotopic (exact) mass is 337 g/mol. The second-order valence-electron chi connectivity index (χ2n) is 7.07. The summed E-state index contributed by atoms with van der Waals surface area (Å²) in [7, 11) is 1.94. The van der Waals surface area contributed by atoms with E-state index in [1.807, 2.05) is 18.0 Å². The molecular weight excluding hydrogens is 314 g/mol. The Morgan fingerprint density at radius 1 is 1.20 bits per heavy atom. The summed E-state index contributed by atoms with van der Waals surface area (Å²) in [5, 5.41) is 20.3. The van der Waals surface area contributed by atoms with Crippen molar-refractivity contribution in [2.45, 2.75) is 32.7 Å². The molecule has 1 amide bonds. The molecule has 0 heterocycles. The third-order valence-electron chi connectivity index (χ3n) is 4.05. The van der Waals surface area contributed by atoms with Gasteiger partial charge in [-0.1, -0.05) is 45.0 Å². The smallest absolute Gasteiger partial charge is 0.409 e. The van der Waals surface area contributed by atoms with Gasteiger partial charge in [0.05, 0.1) is 11.3 Å². The summed E-state index contributed by atoms with van der Waals surface area (Å²) in [4.78, 5) is 12.8. The molecule has 5 nitrogen and oxygen atoms in total. The molecule has 25 heavy (non-hydrogen) atoms. The minimum absolute atomic E-state index is 0.124. The van der Waals surface area contributed by atoms with Crippen molar-refractivity contribution in [2.24, 2.45) is 0 Å². The van der Waals surface area contributed by atoms with Gasteiger partial charge in [-0.25, -0.2) is 4.79 Å². The number of nitrogens with zero attached hydrogens (tertiary/aromatic N) is 2. The standard InChI is InChI=1S/C20H23N3O2/c1-20(2,3)16-7-5-14(6-8-16)13-23(4)17-9-10-18(22-19(24)25)15(11-17)12-21/h5-11,22H,13H2,1-4H3,(H,24,25). The molecule has 0 radical (unpaired) electrons. The number of hydrogen-bond donors (Lipinski definition) is 2. The van der Waals surface area contributed by atoms with E-state index in [4.69, 9.17) is 5.11 Å². The molecule has 2 aromatic rings. The Labute approximate surface area is 148 Å². The largest absolute Gasteiger partial charge is 0.465 e. The van der Waals surface area contributed by atoms with Gasteiger partial charge >= 0.3 is 6.09 Å². The lowest BCUT2D eigenvalue weighted by atomic mass is 9.87. The summed E-state index contributed by atoms with van der Waals surface area (Å²) in [5.41, 5.74) is 4.03. The van der Waals surface area contributed by atoms with Gasteiger partial charge in [-0.15, -0.1) is 0 Å². The van der Waals surface area contributed by atoms with Crippen molar-refractivity contribution in [3.05, 3.63) is 59.2 Å². The first-order valence-corrected chi connectivity index (χ1v) is 8.05.